The molecule has 0 radical (unpaired) electrons. The molecule has 0 aliphatic heterocycles. The highest BCUT2D eigenvalue weighted by Crippen LogP contribution is 2.50. The summed E-state index contributed by atoms with van der Waals surface area (Å²) in [5, 5.41) is 6.66. The van der Waals surface area contributed by atoms with Crippen LogP contribution in [0, 0.1) is 0 Å². The summed E-state index contributed by atoms with van der Waals surface area (Å²) in [5.74, 6) is 1.83. The van der Waals surface area contributed by atoms with Crippen LogP contribution in [0.5, 0.6) is 23.0 Å². The van der Waals surface area contributed by atoms with Gasteiger partial charge in [0.05, 0.1) is 45.9 Å². The van der Waals surface area contributed by atoms with Gasteiger partial charge in [-0.25, -0.2) is 0 Å². The number of anilines is 2. The maximum absolute atomic E-state index is 13.5. The smallest absolute Gasteiger partial charge is 0.217 e. The summed E-state index contributed by atoms with van der Waals surface area (Å²) in [5.41, 5.74) is 3.76. The summed E-state index contributed by atoms with van der Waals surface area (Å²) in [7, 11) is 6.22. The van der Waals surface area contributed by atoms with Gasteiger partial charge in [0.25, 0.3) is 0 Å². The molecule has 0 heterocycles. The molecule has 0 bridgehead atoms. The van der Waals surface area contributed by atoms with Crippen LogP contribution in [0.3, 0.4) is 0 Å². The lowest BCUT2D eigenvalue weighted by Crippen LogP contribution is -2.26. The van der Waals surface area contributed by atoms with Crippen LogP contribution in [0.25, 0.3) is 11.1 Å². The van der Waals surface area contributed by atoms with E-state index in [1.165, 1.54) is 6.92 Å². The Bertz CT molecular complexity index is 1410. The molecule has 3 aromatic carbocycles. The SMILES string of the molecule is COc1ccc(Cl)cc1Nc1ccc2c(cc1=O)C(NC(C)=O)CCc1cc(OC)c(OC)c(OC)c1-2. The first kappa shape index (κ1) is 26.2. The van der Waals surface area contributed by atoms with E-state index in [1.807, 2.05) is 12.1 Å². The monoisotopic (exact) mass is 524 g/mol. The second-order valence-corrected chi connectivity index (χ2v) is 9.00. The summed E-state index contributed by atoms with van der Waals surface area (Å²) >= 11 is 6.19. The molecule has 1 unspecified atom stereocenters. The molecule has 37 heavy (non-hydrogen) atoms. The van der Waals surface area contributed by atoms with E-state index < -0.39 is 6.04 Å². The van der Waals surface area contributed by atoms with Crippen molar-refractivity contribution in [1.29, 1.82) is 0 Å². The first-order valence-corrected chi connectivity index (χ1v) is 12.1. The zero-order valence-electron chi connectivity index (χ0n) is 21.4. The minimum atomic E-state index is -0.393. The molecule has 0 fully saturated rings. The van der Waals surface area contributed by atoms with Crippen molar-refractivity contribution in [1.82, 2.24) is 5.32 Å². The van der Waals surface area contributed by atoms with Crippen LogP contribution in [-0.2, 0) is 11.2 Å². The fourth-order valence-corrected chi connectivity index (χ4v) is 4.91. The van der Waals surface area contributed by atoms with Crippen LogP contribution < -0.4 is 35.0 Å². The lowest BCUT2D eigenvalue weighted by Gasteiger charge is -2.19. The number of ether oxygens (including phenoxy) is 4. The summed E-state index contributed by atoms with van der Waals surface area (Å²) in [6.45, 7) is 1.46. The van der Waals surface area contributed by atoms with Crippen molar-refractivity contribution < 1.29 is 23.7 Å². The van der Waals surface area contributed by atoms with Crippen molar-refractivity contribution in [2.45, 2.75) is 25.8 Å². The van der Waals surface area contributed by atoms with E-state index in [-0.39, 0.29) is 11.3 Å². The molecule has 4 rings (SSSR count). The van der Waals surface area contributed by atoms with Crippen molar-refractivity contribution >= 4 is 28.9 Å². The Morgan fingerprint density at radius 3 is 2.27 bits per heavy atom. The molecule has 3 aromatic rings. The number of fused-ring (bicyclic) bond motifs is 3. The van der Waals surface area contributed by atoms with E-state index in [9.17, 15) is 9.59 Å². The molecule has 1 aliphatic carbocycles. The molecule has 0 saturated heterocycles. The van der Waals surface area contributed by atoms with E-state index >= 15 is 0 Å². The van der Waals surface area contributed by atoms with E-state index in [0.29, 0.717) is 57.8 Å². The lowest BCUT2D eigenvalue weighted by molar-refractivity contribution is -0.119. The maximum atomic E-state index is 13.5. The van der Waals surface area contributed by atoms with Crippen LogP contribution in [0.15, 0.2) is 47.3 Å². The Labute approximate surface area is 220 Å². The minimum Gasteiger partial charge on any atom is -0.495 e. The zero-order chi connectivity index (χ0) is 26.7. The molecule has 1 amide bonds. The highest BCUT2D eigenvalue weighted by Gasteiger charge is 2.29. The Morgan fingerprint density at radius 2 is 1.62 bits per heavy atom. The second kappa shape index (κ2) is 11.0. The van der Waals surface area contributed by atoms with Gasteiger partial charge in [0, 0.05) is 17.5 Å². The number of hydrogen-bond acceptors (Lipinski definition) is 7. The van der Waals surface area contributed by atoms with Gasteiger partial charge in [0.15, 0.2) is 11.5 Å². The topological polar surface area (TPSA) is 95.1 Å². The van der Waals surface area contributed by atoms with Crippen LogP contribution in [0.4, 0.5) is 11.4 Å². The highest BCUT2D eigenvalue weighted by atomic mass is 35.5. The Balaban J connectivity index is 1.98. The van der Waals surface area contributed by atoms with Gasteiger partial charge in [-0.3, -0.25) is 9.59 Å². The first-order chi connectivity index (χ1) is 17.8. The number of methoxy groups -OCH3 is 4. The molecule has 0 aromatic heterocycles. The van der Waals surface area contributed by atoms with Crippen molar-refractivity contribution in [3.63, 3.8) is 0 Å². The lowest BCUT2D eigenvalue weighted by atomic mass is 9.95. The fourth-order valence-electron chi connectivity index (χ4n) is 4.73. The number of benzene rings is 2. The average Bonchev–Trinajstić information content (AvgIpc) is 3.12. The van der Waals surface area contributed by atoms with Gasteiger partial charge < -0.3 is 29.6 Å². The van der Waals surface area contributed by atoms with Gasteiger partial charge in [-0.2, -0.15) is 0 Å². The summed E-state index contributed by atoms with van der Waals surface area (Å²) in [6, 6.07) is 11.8. The number of rotatable bonds is 7. The molecule has 9 heteroatoms. The fraction of sp³-hybridized carbons (Fsp3) is 0.286. The minimum absolute atomic E-state index is 0.190. The van der Waals surface area contributed by atoms with Crippen molar-refractivity contribution in [3.8, 4) is 34.1 Å². The van der Waals surface area contributed by atoms with Gasteiger partial charge in [-0.15, -0.1) is 0 Å². The Kier molecular flexibility index (Phi) is 7.78. The molecule has 1 atom stereocenters. The standard InChI is InChI=1S/C28H29ClN2O6/c1-15(32)30-20-9-6-16-12-25(35-3)27(36-4)28(37-5)26(16)18-8-10-21(23(33)14-19(18)20)31-22-13-17(29)7-11-24(22)34-2/h7-8,10-14,20H,6,9H2,1-5H3,(H,30,32)(H,31,33). The molecule has 0 spiro atoms. The zero-order valence-corrected chi connectivity index (χ0v) is 22.1. The van der Waals surface area contributed by atoms with E-state index in [4.69, 9.17) is 30.5 Å². The van der Waals surface area contributed by atoms with E-state index in [1.54, 1.807) is 58.8 Å². The molecule has 1 aliphatic rings. The van der Waals surface area contributed by atoms with Crippen molar-refractivity contribution in [3.05, 3.63) is 68.8 Å². The number of amides is 1. The number of hydrogen-bond donors (Lipinski definition) is 2. The third-order valence-corrected chi connectivity index (χ3v) is 6.58. The Hall–Kier alpha value is -3.91. The predicted molar refractivity (Wildman–Crippen MR) is 144 cm³/mol. The highest BCUT2D eigenvalue weighted by molar-refractivity contribution is 6.31. The molecule has 0 saturated carbocycles. The van der Waals surface area contributed by atoms with Crippen LogP contribution in [0.2, 0.25) is 5.02 Å². The van der Waals surface area contributed by atoms with Gasteiger partial charge in [0.2, 0.25) is 17.1 Å². The summed E-state index contributed by atoms with van der Waals surface area (Å²) in [4.78, 5) is 25.6. The number of aryl methyl sites for hydroxylation is 1. The molecule has 2 N–H and O–H groups in total. The van der Waals surface area contributed by atoms with E-state index in [0.717, 1.165) is 16.7 Å². The Morgan fingerprint density at radius 1 is 0.892 bits per heavy atom. The number of nitrogens with one attached hydrogen (secondary N) is 2. The number of carbonyl (C=O) groups excluding carboxylic acids is 1. The van der Waals surface area contributed by atoms with Crippen molar-refractivity contribution in [2.75, 3.05) is 33.8 Å². The first-order valence-electron chi connectivity index (χ1n) is 11.7. The van der Waals surface area contributed by atoms with Gasteiger partial charge in [-0.1, -0.05) is 17.7 Å². The quantitative estimate of drug-likeness (QED) is 0.435. The van der Waals surface area contributed by atoms with E-state index in [2.05, 4.69) is 10.6 Å². The summed E-state index contributed by atoms with van der Waals surface area (Å²) < 4.78 is 22.4. The average molecular weight is 525 g/mol. The van der Waals surface area contributed by atoms with Gasteiger partial charge >= 0.3 is 0 Å². The molecular weight excluding hydrogens is 496 g/mol. The summed E-state index contributed by atoms with van der Waals surface area (Å²) in [6.07, 6.45) is 1.20. The van der Waals surface area contributed by atoms with Gasteiger partial charge in [-0.05, 0) is 65.9 Å². The normalized spacial score (nSPS) is 13.9. The third kappa shape index (κ3) is 5.15. The number of halogens is 1. The molecule has 194 valence electrons. The van der Waals surface area contributed by atoms with Crippen molar-refractivity contribution in [2.24, 2.45) is 0 Å². The predicted octanol–water partition coefficient (Wildman–Crippen LogP) is 5.27. The van der Waals surface area contributed by atoms with Crippen LogP contribution in [0.1, 0.15) is 30.5 Å². The second-order valence-electron chi connectivity index (χ2n) is 8.57. The largest absolute Gasteiger partial charge is 0.495 e. The molecule has 8 nitrogen and oxygen atoms in total. The number of carbonyl (C=O) groups is 1. The van der Waals surface area contributed by atoms with Gasteiger partial charge in [0.1, 0.15) is 5.75 Å². The third-order valence-electron chi connectivity index (χ3n) is 6.35. The maximum Gasteiger partial charge on any atom is 0.217 e. The van der Waals surface area contributed by atoms with Crippen LogP contribution >= 0.6 is 11.6 Å². The van der Waals surface area contributed by atoms with Crippen LogP contribution in [-0.4, -0.2) is 34.3 Å². The molecular formula is C28H29ClN2O6.